The molecule has 0 saturated carbocycles. The zero-order valence-corrected chi connectivity index (χ0v) is 9.05. The van der Waals surface area contributed by atoms with Gasteiger partial charge in [-0.3, -0.25) is 4.57 Å². The van der Waals surface area contributed by atoms with Crippen molar-refractivity contribution in [3.8, 4) is 11.8 Å². The Bertz CT molecular complexity index is 616. The lowest BCUT2D eigenvalue weighted by atomic mass is 10.1. The highest BCUT2D eigenvalue weighted by molar-refractivity contribution is 5.41. The maximum absolute atomic E-state index is 11.3. The van der Waals surface area contributed by atoms with E-state index in [9.17, 15) is 4.79 Å². The fraction of sp³-hybridized carbons (Fsp3) is 0.167. The van der Waals surface area contributed by atoms with Crippen molar-refractivity contribution in [2.45, 2.75) is 6.54 Å². The predicted octanol–water partition coefficient (Wildman–Crippen LogP) is -0.0365. The molecule has 86 valence electrons. The number of aromatic amines is 1. The van der Waals surface area contributed by atoms with E-state index in [4.69, 9.17) is 5.11 Å². The monoisotopic (exact) mass is 229 g/mol. The first-order valence-electron chi connectivity index (χ1n) is 5.08. The highest BCUT2D eigenvalue weighted by atomic mass is 16.2. The maximum atomic E-state index is 11.3. The molecular formula is C12H11N3O2. The number of nitrogens with one attached hydrogen (secondary N) is 1. The second-order valence-corrected chi connectivity index (χ2v) is 3.41. The lowest BCUT2D eigenvalue weighted by Crippen LogP contribution is -2.17. The van der Waals surface area contributed by atoms with E-state index < -0.39 is 0 Å². The van der Waals surface area contributed by atoms with Crippen molar-refractivity contribution in [2.24, 2.45) is 0 Å². The number of aromatic nitrogens is 3. The highest BCUT2D eigenvalue weighted by Gasteiger charge is 2.02. The molecule has 5 nitrogen and oxygen atoms in total. The number of benzene rings is 1. The Labute approximate surface area is 97.7 Å². The molecule has 0 unspecified atom stereocenters. The summed E-state index contributed by atoms with van der Waals surface area (Å²) in [4.78, 5) is 11.3. The normalized spacial score (nSPS) is 9.71. The molecule has 2 aromatic rings. The molecule has 1 aromatic heterocycles. The van der Waals surface area contributed by atoms with Crippen LogP contribution < -0.4 is 5.69 Å². The highest BCUT2D eigenvalue weighted by Crippen LogP contribution is 2.08. The third kappa shape index (κ3) is 2.62. The quantitative estimate of drug-likeness (QED) is 0.710. The Morgan fingerprint density at radius 3 is 2.94 bits per heavy atom. The molecule has 0 spiro atoms. The van der Waals surface area contributed by atoms with Gasteiger partial charge in [-0.1, -0.05) is 30.0 Å². The van der Waals surface area contributed by atoms with Crippen LogP contribution in [-0.4, -0.2) is 26.5 Å². The lowest BCUT2D eigenvalue weighted by Gasteiger charge is -2.03. The summed E-state index contributed by atoms with van der Waals surface area (Å²) in [6.45, 7) is 0.228. The van der Waals surface area contributed by atoms with Crippen molar-refractivity contribution in [1.29, 1.82) is 0 Å². The molecule has 0 radical (unpaired) electrons. The molecule has 1 heterocycles. The number of nitrogens with zero attached hydrogens (tertiary/aromatic N) is 2. The van der Waals surface area contributed by atoms with Crippen molar-refractivity contribution in [3.05, 3.63) is 52.2 Å². The maximum Gasteiger partial charge on any atom is 0.343 e. The molecule has 0 fully saturated rings. The second-order valence-electron chi connectivity index (χ2n) is 3.41. The molecule has 5 heteroatoms. The third-order valence-corrected chi connectivity index (χ3v) is 2.28. The van der Waals surface area contributed by atoms with Gasteiger partial charge in [0.2, 0.25) is 0 Å². The smallest absolute Gasteiger partial charge is 0.343 e. The minimum atomic E-state index is -0.255. The molecule has 0 amide bonds. The Morgan fingerprint density at radius 1 is 1.41 bits per heavy atom. The first-order valence-corrected chi connectivity index (χ1v) is 5.08. The summed E-state index contributed by atoms with van der Waals surface area (Å²) in [6, 6.07) is 7.48. The van der Waals surface area contributed by atoms with Gasteiger partial charge in [0.1, 0.15) is 12.9 Å². The van der Waals surface area contributed by atoms with Gasteiger partial charge in [-0.15, -0.1) is 0 Å². The van der Waals surface area contributed by atoms with E-state index in [0.717, 1.165) is 11.1 Å². The number of hydrogen-bond acceptors (Lipinski definition) is 3. The summed E-state index contributed by atoms with van der Waals surface area (Å²) in [7, 11) is 0. The van der Waals surface area contributed by atoms with Crippen molar-refractivity contribution >= 4 is 0 Å². The molecule has 1 aromatic carbocycles. The molecule has 2 N–H and O–H groups in total. The largest absolute Gasteiger partial charge is 0.384 e. The summed E-state index contributed by atoms with van der Waals surface area (Å²) in [5.41, 5.74) is 1.46. The summed E-state index contributed by atoms with van der Waals surface area (Å²) in [5.74, 6) is 5.44. The van der Waals surface area contributed by atoms with Crippen molar-refractivity contribution in [2.75, 3.05) is 6.61 Å². The zero-order chi connectivity index (χ0) is 12.1. The van der Waals surface area contributed by atoms with Crippen LogP contribution in [0.1, 0.15) is 11.1 Å². The average Bonchev–Trinajstić information content (AvgIpc) is 2.74. The molecular weight excluding hydrogens is 218 g/mol. The topological polar surface area (TPSA) is 70.9 Å². The van der Waals surface area contributed by atoms with Gasteiger partial charge in [0, 0.05) is 5.56 Å². The summed E-state index contributed by atoms with van der Waals surface area (Å²) in [6.07, 6.45) is 1.44. The Morgan fingerprint density at radius 2 is 2.24 bits per heavy atom. The van der Waals surface area contributed by atoms with E-state index in [2.05, 4.69) is 22.0 Å². The van der Waals surface area contributed by atoms with Crippen LogP contribution in [0.3, 0.4) is 0 Å². The van der Waals surface area contributed by atoms with Crippen LogP contribution in [-0.2, 0) is 6.54 Å². The van der Waals surface area contributed by atoms with Crippen LogP contribution in [0.4, 0.5) is 0 Å². The van der Waals surface area contributed by atoms with E-state index in [-0.39, 0.29) is 12.3 Å². The lowest BCUT2D eigenvalue weighted by molar-refractivity contribution is 0.350. The first-order chi connectivity index (χ1) is 8.31. The van der Waals surface area contributed by atoms with Gasteiger partial charge in [0.15, 0.2) is 0 Å². The first kappa shape index (κ1) is 11.2. The standard InChI is InChI=1S/C12H11N3O2/c16-7-3-6-10-4-1-2-5-11(10)8-15-9-13-14-12(15)17/h1-2,4-5,9,16H,7-8H2,(H,14,17). The van der Waals surface area contributed by atoms with Crippen LogP contribution in [0.5, 0.6) is 0 Å². The molecule has 0 atom stereocenters. The Balaban J connectivity index is 2.33. The number of H-pyrrole nitrogens is 1. The van der Waals surface area contributed by atoms with E-state index >= 15 is 0 Å². The van der Waals surface area contributed by atoms with E-state index in [0.29, 0.717) is 6.54 Å². The number of rotatable bonds is 2. The number of hydrogen-bond donors (Lipinski definition) is 2. The van der Waals surface area contributed by atoms with Crippen molar-refractivity contribution in [3.63, 3.8) is 0 Å². The second kappa shape index (κ2) is 5.14. The predicted molar refractivity (Wildman–Crippen MR) is 62.4 cm³/mol. The number of aliphatic hydroxyl groups excluding tert-OH is 1. The zero-order valence-electron chi connectivity index (χ0n) is 9.05. The van der Waals surface area contributed by atoms with Crippen LogP contribution >= 0.6 is 0 Å². The van der Waals surface area contributed by atoms with Crippen molar-refractivity contribution < 1.29 is 5.11 Å². The van der Waals surface area contributed by atoms with Crippen molar-refractivity contribution in [1.82, 2.24) is 14.8 Å². The molecule has 0 aliphatic rings. The molecule has 0 aliphatic carbocycles. The Hall–Kier alpha value is -2.32. The van der Waals surface area contributed by atoms with Gasteiger partial charge in [-0.25, -0.2) is 9.89 Å². The Kier molecular flexibility index (Phi) is 3.38. The van der Waals surface area contributed by atoms with Gasteiger partial charge in [0.25, 0.3) is 0 Å². The minimum absolute atomic E-state index is 0.181. The van der Waals surface area contributed by atoms with Gasteiger partial charge < -0.3 is 5.11 Å². The summed E-state index contributed by atoms with van der Waals surface area (Å²) >= 11 is 0. The minimum Gasteiger partial charge on any atom is -0.384 e. The molecule has 0 aliphatic heterocycles. The molecule has 17 heavy (non-hydrogen) atoms. The van der Waals surface area contributed by atoms with Crippen LogP contribution in [0.25, 0.3) is 0 Å². The molecule has 2 rings (SSSR count). The van der Waals surface area contributed by atoms with E-state index in [1.54, 1.807) is 0 Å². The van der Waals surface area contributed by atoms with Crippen LogP contribution in [0.15, 0.2) is 35.4 Å². The van der Waals surface area contributed by atoms with Gasteiger partial charge in [-0.05, 0) is 11.6 Å². The summed E-state index contributed by atoms with van der Waals surface area (Å²) in [5, 5.41) is 14.7. The van der Waals surface area contributed by atoms with Crippen LogP contribution in [0.2, 0.25) is 0 Å². The van der Waals surface area contributed by atoms with Crippen LogP contribution in [0, 0.1) is 11.8 Å². The third-order valence-electron chi connectivity index (χ3n) is 2.28. The van der Waals surface area contributed by atoms with E-state index in [1.807, 2.05) is 24.3 Å². The summed E-state index contributed by atoms with van der Waals surface area (Å²) < 4.78 is 1.46. The fourth-order valence-electron chi connectivity index (χ4n) is 1.48. The molecule has 0 bridgehead atoms. The van der Waals surface area contributed by atoms with Gasteiger partial charge in [0.05, 0.1) is 6.54 Å². The SMILES string of the molecule is O=c1[nH]ncn1Cc1ccccc1C#CCO. The van der Waals surface area contributed by atoms with Gasteiger partial charge >= 0.3 is 5.69 Å². The fourth-order valence-corrected chi connectivity index (χ4v) is 1.48. The molecule has 0 saturated heterocycles. The number of aliphatic hydroxyl groups is 1. The van der Waals surface area contributed by atoms with E-state index in [1.165, 1.54) is 10.9 Å². The van der Waals surface area contributed by atoms with Gasteiger partial charge in [-0.2, -0.15) is 5.10 Å². The average molecular weight is 229 g/mol.